The smallest absolute Gasteiger partial charge is 0.250 e. The van der Waals surface area contributed by atoms with Crippen LogP contribution in [0.25, 0.3) is 11.2 Å². The Bertz CT molecular complexity index is 890. The topological polar surface area (TPSA) is 128 Å². The lowest BCUT2D eigenvalue weighted by molar-refractivity contribution is -0.117. The minimum absolute atomic E-state index is 0.160. The van der Waals surface area contributed by atoms with Crippen molar-refractivity contribution in [3.63, 3.8) is 0 Å². The van der Waals surface area contributed by atoms with Crippen LogP contribution in [0, 0.1) is 0 Å². The number of nitrogens with one attached hydrogen (secondary N) is 2. The van der Waals surface area contributed by atoms with Crippen LogP contribution in [0.15, 0.2) is 47.2 Å². The highest BCUT2D eigenvalue weighted by Gasteiger charge is 2.10. The Morgan fingerprint density at radius 3 is 2.85 bits per heavy atom. The highest BCUT2D eigenvalue weighted by molar-refractivity contribution is 7.99. The Kier molecular flexibility index (Phi) is 7.24. The molecule has 144 valence electrons. The van der Waals surface area contributed by atoms with Gasteiger partial charge in [-0.15, -0.1) is 11.8 Å². The molecule has 0 saturated carbocycles. The minimum atomic E-state index is -0.272. The maximum absolute atomic E-state index is 12.1. The zero-order chi connectivity index (χ0) is 19.8. The number of hydrogen-bond acceptors (Lipinski definition) is 8. The summed E-state index contributed by atoms with van der Waals surface area (Å²) in [5.41, 5.74) is 7.22. The number of aromatic amines is 1. The molecule has 0 spiro atoms. The monoisotopic (exact) mass is 390 g/mol. The molecular formula is C17H22N6O3S. The lowest BCUT2D eigenvalue weighted by Crippen LogP contribution is -2.26. The number of H-pyrrole nitrogens is 1. The Labute approximate surface area is 161 Å². The van der Waals surface area contributed by atoms with Crippen molar-refractivity contribution >= 4 is 34.8 Å². The largest absolute Gasteiger partial charge is 0.498 e. The van der Waals surface area contributed by atoms with Crippen LogP contribution in [0.5, 0.6) is 0 Å². The molecule has 2 aromatic rings. The second-order valence-electron chi connectivity index (χ2n) is 5.28. The maximum Gasteiger partial charge on any atom is 0.250 e. The number of aromatic nitrogens is 4. The normalized spacial score (nSPS) is 12.1. The van der Waals surface area contributed by atoms with E-state index in [0.29, 0.717) is 40.1 Å². The molecule has 10 heteroatoms. The molecular weight excluding hydrogens is 368 g/mol. The third kappa shape index (κ3) is 5.48. The van der Waals surface area contributed by atoms with Crippen molar-refractivity contribution in [2.75, 3.05) is 32.3 Å². The number of hydrogen-bond donors (Lipinski definition) is 3. The van der Waals surface area contributed by atoms with E-state index in [1.165, 1.54) is 25.2 Å². The Hall–Kier alpha value is -3.01. The van der Waals surface area contributed by atoms with Crippen LogP contribution in [-0.2, 0) is 14.3 Å². The molecule has 0 bridgehead atoms. The van der Waals surface area contributed by atoms with E-state index in [4.69, 9.17) is 15.2 Å². The predicted octanol–water partition coefficient (Wildman–Crippen LogP) is 1.78. The summed E-state index contributed by atoms with van der Waals surface area (Å²) in [6, 6.07) is 0. The molecule has 0 radical (unpaired) electrons. The molecule has 4 N–H and O–H groups in total. The number of rotatable bonds is 9. The van der Waals surface area contributed by atoms with Crippen LogP contribution >= 0.6 is 11.8 Å². The average molecular weight is 390 g/mol. The first-order valence-corrected chi connectivity index (χ1v) is 8.98. The van der Waals surface area contributed by atoms with Crippen LogP contribution in [-0.4, -0.2) is 52.4 Å². The van der Waals surface area contributed by atoms with Crippen LogP contribution in [0.4, 0.5) is 5.95 Å². The lowest BCUT2D eigenvalue weighted by atomic mass is 10.2. The molecule has 0 fully saturated rings. The number of carbonyl (C=O) groups excluding carboxylic acids is 1. The Morgan fingerprint density at radius 1 is 1.37 bits per heavy atom. The van der Waals surface area contributed by atoms with Crippen LogP contribution in [0.3, 0.4) is 0 Å². The van der Waals surface area contributed by atoms with Crippen molar-refractivity contribution in [2.45, 2.75) is 11.9 Å². The minimum Gasteiger partial charge on any atom is -0.498 e. The summed E-state index contributed by atoms with van der Waals surface area (Å²) in [7, 11) is 3.07. The highest BCUT2D eigenvalue weighted by Crippen LogP contribution is 2.23. The highest BCUT2D eigenvalue weighted by atomic mass is 32.2. The molecule has 2 rings (SSSR count). The van der Waals surface area contributed by atoms with E-state index in [9.17, 15) is 4.79 Å². The summed E-state index contributed by atoms with van der Waals surface area (Å²) in [4.78, 5) is 27.4. The van der Waals surface area contributed by atoms with Crippen LogP contribution in [0.2, 0.25) is 0 Å². The molecule has 27 heavy (non-hydrogen) atoms. The number of carbonyl (C=O) groups is 1. The van der Waals surface area contributed by atoms with E-state index in [1.54, 1.807) is 26.2 Å². The van der Waals surface area contributed by atoms with Gasteiger partial charge in [-0.1, -0.05) is 6.58 Å². The second kappa shape index (κ2) is 9.62. The van der Waals surface area contributed by atoms with Gasteiger partial charge in [0.25, 0.3) is 5.91 Å². The quantitative estimate of drug-likeness (QED) is 0.148. The zero-order valence-electron chi connectivity index (χ0n) is 15.4. The first kappa shape index (κ1) is 20.3. The summed E-state index contributed by atoms with van der Waals surface area (Å²) in [6.07, 6.45) is 4.74. The van der Waals surface area contributed by atoms with E-state index in [0.717, 1.165) is 5.52 Å². The number of methoxy groups -OCH3 is 2. The number of allylic oxidation sites excluding steroid dienone is 2. The number of amides is 1. The summed E-state index contributed by atoms with van der Waals surface area (Å²) in [6.45, 7) is 5.95. The fraction of sp³-hybridized carbons (Fsp3) is 0.294. The van der Waals surface area contributed by atoms with Gasteiger partial charge in [-0.05, 0) is 19.1 Å². The van der Waals surface area contributed by atoms with Crippen molar-refractivity contribution in [1.82, 2.24) is 25.3 Å². The van der Waals surface area contributed by atoms with Crippen molar-refractivity contribution in [3.8, 4) is 0 Å². The molecule has 1 amide bonds. The summed E-state index contributed by atoms with van der Waals surface area (Å²) < 4.78 is 10.3. The molecule has 0 aliphatic rings. The van der Waals surface area contributed by atoms with E-state index in [2.05, 4.69) is 31.8 Å². The van der Waals surface area contributed by atoms with Gasteiger partial charge in [-0.2, -0.15) is 4.98 Å². The second-order valence-corrected chi connectivity index (χ2v) is 6.36. The Balaban J connectivity index is 1.85. The van der Waals surface area contributed by atoms with Gasteiger partial charge in [0.05, 0.1) is 20.5 Å². The van der Waals surface area contributed by atoms with Crippen molar-refractivity contribution in [2.24, 2.45) is 0 Å². The summed E-state index contributed by atoms with van der Waals surface area (Å²) >= 11 is 1.44. The molecule has 9 nitrogen and oxygen atoms in total. The molecule has 2 aromatic heterocycles. The third-order valence-electron chi connectivity index (χ3n) is 3.50. The van der Waals surface area contributed by atoms with E-state index < -0.39 is 0 Å². The third-order valence-corrected chi connectivity index (χ3v) is 4.47. The van der Waals surface area contributed by atoms with Gasteiger partial charge in [-0.25, -0.2) is 9.97 Å². The Morgan fingerprint density at radius 2 is 2.15 bits per heavy atom. The first-order valence-electron chi connectivity index (χ1n) is 7.99. The number of anilines is 1. The van der Waals surface area contributed by atoms with Gasteiger partial charge >= 0.3 is 0 Å². The molecule has 0 aliphatic carbocycles. The van der Waals surface area contributed by atoms with Gasteiger partial charge in [-0.3, -0.25) is 4.79 Å². The molecule has 0 aromatic carbocycles. The van der Waals surface area contributed by atoms with Crippen molar-refractivity contribution in [3.05, 3.63) is 42.1 Å². The number of fused-ring (bicyclic) bond motifs is 1. The number of nitrogens with zero attached hydrogens (tertiary/aromatic N) is 3. The van der Waals surface area contributed by atoms with Gasteiger partial charge in [0.2, 0.25) is 5.95 Å². The van der Waals surface area contributed by atoms with Gasteiger partial charge in [0, 0.05) is 17.9 Å². The molecule has 0 saturated heterocycles. The standard InChI is InChI=1S/C17H22N6O3S/c1-10(5-6-12(26-4)11(2)25-3)15(24)19-7-8-27-16-13-14(21-9-20-13)22-17(18)23-16/h5-6,9H,1,7-8H2,2-4H3,(H,19,24)(H3,18,20,21,22,23)/b6-5-,12-11-. The van der Waals surface area contributed by atoms with Crippen molar-refractivity contribution in [1.29, 1.82) is 0 Å². The van der Waals surface area contributed by atoms with E-state index in [-0.39, 0.29) is 11.9 Å². The molecule has 2 heterocycles. The van der Waals surface area contributed by atoms with Gasteiger partial charge < -0.3 is 25.5 Å². The summed E-state index contributed by atoms with van der Waals surface area (Å²) in [5, 5.41) is 3.48. The van der Waals surface area contributed by atoms with Crippen LogP contribution < -0.4 is 11.1 Å². The van der Waals surface area contributed by atoms with E-state index >= 15 is 0 Å². The van der Waals surface area contributed by atoms with Crippen LogP contribution in [0.1, 0.15) is 6.92 Å². The molecule has 0 atom stereocenters. The number of thioether (sulfide) groups is 1. The fourth-order valence-corrected chi connectivity index (χ4v) is 2.88. The van der Waals surface area contributed by atoms with Gasteiger partial charge in [0.1, 0.15) is 16.3 Å². The average Bonchev–Trinajstić information content (AvgIpc) is 3.13. The number of nitrogens with two attached hydrogens (primary N) is 1. The van der Waals surface area contributed by atoms with Crippen molar-refractivity contribution < 1.29 is 14.3 Å². The SMILES string of the molecule is C=C(/C=C\C(OC)=C(/C)OC)C(=O)NCCSc1nc(N)nc2nc[nH]c12. The molecule has 0 unspecified atom stereocenters. The molecule has 0 aliphatic heterocycles. The fourth-order valence-electron chi connectivity index (χ4n) is 2.03. The number of imidazole rings is 1. The summed E-state index contributed by atoms with van der Waals surface area (Å²) in [5.74, 6) is 1.61. The number of nitrogen functional groups attached to an aromatic ring is 1. The zero-order valence-corrected chi connectivity index (χ0v) is 16.2. The number of ether oxygens (including phenoxy) is 2. The predicted molar refractivity (Wildman–Crippen MR) is 105 cm³/mol. The lowest BCUT2D eigenvalue weighted by Gasteiger charge is -2.07. The van der Waals surface area contributed by atoms with Gasteiger partial charge in [0.15, 0.2) is 11.4 Å². The van der Waals surface area contributed by atoms with E-state index in [1.807, 2.05) is 0 Å². The maximum atomic E-state index is 12.1. The first-order chi connectivity index (χ1) is 13.0.